The van der Waals surface area contributed by atoms with Crippen LogP contribution in [-0.2, 0) is 28.6 Å². The minimum Gasteiger partial charge on any atom is -0.462 e. The Kier molecular flexibility index (Phi) is 58.5. The van der Waals surface area contributed by atoms with E-state index in [-0.39, 0.29) is 31.1 Å². The molecule has 0 amide bonds. The number of hydrogen-bond donors (Lipinski definition) is 0. The molecule has 1 unspecified atom stereocenters. The van der Waals surface area contributed by atoms with Crippen LogP contribution in [0.25, 0.3) is 0 Å². The van der Waals surface area contributed by atoms with Crippen LogP contribution in [0.5, 0.6) is 0 Å². The van der Waals surface area contributed by atoms with Gasteiger partial charge in [-0.1, -0.05) is 237 Å². The lowest BCUT2D eigenvalue weighted by Crippen LogP contribution is -2.30. The first-order chi connectivity index (χ1) is 37.5. The van der Waals surface area contributed by atoms with Crippen molar-refractivity contribution < 1.29 is 28.6 Å². The third-order valence-corrected chi connectivity index (χ3v) is 12.2. The van der Waals surface area contributed by atoms with E-state index in [1.165, 1.54) is 38.5 Å². The van der Waals surface area contributed by atoms with Gasteiger partial charge in [0.1, 0.15) is 13.2 Å². The summed E-state index contributed by atoms with van der Waals surface area (Å²) in [5.41, 5.74) is 0. The second-order valence-corrected chi connectivity index (χ2v) is 19.5. The standard InChI is InChI=1S/C70H110O6/c1-4-7-10-13-16-19-22-25-26-27-28-29-30-31-32-33-34-35-36-37-38-39-40-41-42-43-44-46-48-51-54-57-60-63-69(72)75-66-67(65-74-68(71)62-59-56-53-50-47-24-21-18-15-12-9-6-3)76-70(73)64-61-58-55-52-49-45-23-20-17-14-11-8-5-2/h7,10-11,14,16,18-21,23,25-26,28-29,31-32,34-35,37-38,40-41,43-44,48,51,67H,4-6,8-9,12-13,15,17,22,24,27,30,33,36,39,42,45-47,49-50,52-66H2,1-3H3/b10-7-,14-11-,19-16-,21-18-,23-20-,26-25-,29-28-,32-31-,35-34-,38-37-,41-40-,44-43-,51-48-. The average Bonchev–Trinajstić information content (AvgIpc) is 3.42. The van der Waals surface area contributed by atoms with Crippen LogP contribution in [0.4, 0.5) is 0 Å². The fraction of sp³-hybridized carbons (Fsp3) is 0.586. The lowest BCUT2D eigenvalue weighted by atomic mass is 10.1. The Morgan fingerprint density at radius 3 is 0.895 bits per heavy atom. The third kappa shape index (κ3) is 59.9. The van der Waals surface area contributed by atoms with E-state index in [1.54, 1.807) is 0 Å². The maximum absolute atomic E-state index is 12.8. The molecule has 0 saturated carbocycles. The maximum atomic E-state index is 12.8. The van der Waals surface area contributed by atoms with Gasteiger partial charge in [0, 0.05) is 19.3 Å². The highest BCUT2D eigenvalue weighted by Crippen LogP contribution is 2.13. The van der Waals surface area contributed by atoms with Gasteiger partial charge >= 0.3 is 17.9 Å². The summed E-state index contributed by atoms with van der Waals surface area (Å²) in [5.74, 6) is -0.984. The molecule has 0 spiro atoms. The molecule has 0 radical (unpaired) electrons. The lowest BCUT2D eigenvalue weighted by molar-refractivity contribution is -0.167. The van der Waals surface area contributed by atoms with Crippen LogP contribution >= 0.6 is 0 Å². The van der Waals surface area contributed by atoms with Crippen molar-refractivity contribution in [3.8, 4) is 0 Å². The maximum Gasteiger partial charge on any atom is 0.306 e. The van der Waals surface area contributed by atoms with Gasteiger partial charge in [0.25, 0.3) is 0 Å². The van der Waals surface area contributed by atoms with Gasteiger partial charge < -0.3 is 14.2 Å². The Morgan fingerprint density at radius 1 is 0.276 bits per heavy atom. The number of rotatable bonds is 53. The molecule has 426 valence electrons. The van der Waals surface area contributed by atoms with Crippen molar-refractivity contribution in [3.05, 3.63) is 158 Å². The van der Waals surface area contributed by atoms with E-state index in [9.17, 15) is 14.4 Å². The molecule has 1 atom stereocenters. The zero-order valence-electron chi connectivity index (χ0n) is 48.7. The van der Waals surface area contributed by atoms with Crippen LogP contribution in [0.1, 0.15) is 245 Å². The summed E-state index contributed by atoms with van der Waals surface area (Å²) in [4.78, 5) is 38.1. The molecule has 0 saturated heterocycles. The van der Waals surface area contributed by atoms with Gasteiger partial charge in [-0.2, -0.15) is 0 Å². The molecule has 0 heterocycles. The molecule has 0 fully saturated rings. The second-order valence-electron chi connectivity index (χ2n) is 19.5. The van der Waals surface area contributed by atoms with Gasteiger partial charge in [-0.3, -0.25) is 14.4 Å². The van der Waals surface area contributed by atoms with Gasteiger partial charge in [0.15, 0.2) is 6.10 Å². The smallest absolute Gasteiger partial charge is 0.306 e. The summed E-state index contributed by atoms with van der Waals surface area (Å²) in [6, 6.07) is 0. The molecular formula is C70H110O6. The Labute approximate surface area is 467 Å². The molecule has 0 aliphatic rings. The van der Waals surface area contributed by atoms with Gasteiger partial charge in [-0.05, 0) is 148 Å². The van der Waals surface area contributed by atoms with Crippen molar-refractivity contribution in [2.75, 3.05) is 13.2 Å². The molecule has 0 bridgehead atoms. The topological polar surface area (TPSA) is 78.9 Å². The van der Waals surface area contributed by atoms with E-state index in [2.05, 4.69) is 179 Å². The number of hydrogen-bond acceptors (Lipinski definition) is 6. The molecule has 0 aliphatic carbocycles. The van der Waals surface area contributed by atoms with E-state index in [0.29, 0.717) is 25.7 Å². The molecule has 0 rings (SSSR count). The highest BCUT2D eigenvalue weighted by Gasteiger charge is 2.19. The zero-order valence-corrected chi connectivity index (χ0v) is 48.7. The van der Waals surface area contributed by atoms with Gasteiger partial charge in [0.05, 0.1) is 0 Å². The normalized spacial score (nSPS) is 13.2. The number of carbonyl (C=O) groups excluding carboxylic acids is 3. The number of carbonyl (C=O) groups is 3. The summed E-state index contributed by atoms with van der Waals surface area (Å²) >= 11 is 0. The van der Waals surface area contributed by atoms with Crippen LogP contribution < -0.4 is 0 Å². The number of unbranched alkanes of at least 4 members (excludes halogenated alkanes) is 16. The van der Waals surface area contributed by atoms with Gasteiger partial charge in [-0.25, -0.2) is 0 Å². The second kappa shape index (κ2) is 62.6. The third-order valence-electron chi connectivity index (χ3n) is 12.2. The van der Waals surface area contributed by atoms with E-state index in [1.807, 2.05) is 0 Å². The average molecular weight is 1050 g/mol. The quantitative estimate of drug-likeness (QED) is 0.0261. The van der Waals surface area contributed by atoms with Crippen LogP contribution in [0.2, 0.25) is 0 Å². The molecule has 0 aromatic heterocycles. The Balaban J connectivity index is 4.36. The first-order valence-electron chi connectivity index (χ1n) is 30.5. The number of ether oxygens (including phenoxy) is 3. The molecule has 6 heteroatoms. The van der Waals surface area contributed by atoms with Gasteiger partial charge in [0.2, 0.25) is 0 Å². The Hall–Kier alpha value is -4.97. The van der Waals surface area contributed by atoms with E-state index in [4.69, 9.17) is 14.2 Å². The van der Waals surface area contributed by atoms with Crippen molar-refractivity contribution in [3.63, 3.8) is 0 Å². The highest BCUT2D eigenvalue weighted by atomic mass is 16.6. The Bertz CT molecular complexity index is 1720. The minimum absolute atomic E-state index is 0.108. The SMILES string of the molecule is CC/C=C\C/C=C\C/C=C\C/C=C\C/C=C\C/C=C\C/C=C\C/C=C\C/C=C\C/C=C\CCCCC(=O)OCC(COC(=O)CCCCCCC/C=C\CCCCC)OC(=O)CCCCCCC/C=C\C/C=C\CCC. The van der Waals surface area contributed by atoms with Crippen LogP contribution in [0, 0.1) is 0 Å². The van der Waals surface area contributed by atoms with Gasteiger partial charge in [-0.15, -0.1) is 0 Å². The number of allylic oxidation sites excluding steroid dienone is 26. The molecule has 0 N–H and O–H groups in total. The molecular weight excluding hydrogens is 937 g/mol. The van der Waals surface area contributed by atoms with Crippen LogP contribution in [-0.4, -0.2) is 37.2 Å². The van der Waals surface area contributed by atoms with Crippen molar-refractivity contribution >= 4 is 17.9 Å². The molecule has 0 aromatic rings. The summed E-state index contributed by atoms with van der Waals surface area (Å²) in [6.07, 6.45) is 91.1. The fourth-order valence-electron chi connectivity index (χ4n) is 7.68. The fourth-order valence-corrected chi connectivity index (χ4v) is 7.68. The number of esters is 3. The zero-order chi connectivity index (χ0) is 55.0. The predicted octanol–water partition coefficient (Wildman–Crippen LogP) is 20.9. The van der Waals surface area contributed by atoms with Crippen LogP contribution in [0.3, 0.4) is 0 Å². The summed E-state index contributed by atoms with van der Waals surface area (Å²) in [6.45, 7) is 6.36. The summed E-state index contributed by atoms with van der Waals surface area (Å²) in [5, 5.41) is 0. The molecule has 6 nitrogen and oxygen atoms in total. The van der Waals surface area contributed by atoms with E-state index < -0.39 is 6.10 Å². The summed E-state index contributed by atoms with van der Waals surface area (Å²) < 4.78 is 16.8. The van der Waals surface area contributed by atoms with Crippen LogP contribution in [0.15, 0.2) is 158 Å². The first kappa shape index (κ1) is 71.0. The van der Waals surface area contributed by atoms with E-state index in [0.717, 1.165) is 161 Å². The van der Waals surface area contributed by atoms with E-state index >= 15 is 0 Å². The monoisotopic (exact) mass is 1050 g/mol. The summed E-state index contributed by atoms with van der Waals surface area (Å²) in [7, 11) is 0. The van der Waals surface area contributed by atoms with Crippen molar-refractivity contribution in [1.82, 2.24) is 0 Å². The van der Waals surface area contributed by atoms with Crippen molar-refractivity contribution in [2.45, 2.75) is 252 Å². The predicted molar refractivity (Wildman–Crippen MR) is 329 cm³/mol. The molecule has 76 heavy (non-hydrogen) atoms. The Morgan fingerprint density at radius 2 is 0.539 bits per heavy atom. The van der Waals surface area contributed by atoms with Crippen molar-refractivity contribution in [1.29, 1.82) is 0 Å². The van der Waals surface area contributed by atoms with Crippen molar-refractivity contribution in [2.24, 2.45) is 0 Å². The highest BCUT2D eigenvalue weighted by molar-refractivity contribution is 5.71. The first-order valence-corrected chi connectivity index (χ1v) is 30.5. The minimum atomic E-state index is -0.813. The molecule has 0 aliphatic heterocycles. The molecule has 0 aromatic carbocycles. The lowest BCUT2D eigenvalue weighted by Gasteiger charge is -2.18. The largest absolute Gasteiger partial charge is 0.462 e.